The summed E-state index contributed by atoms with van der Waals surface area (Å²) in [5.41, 5.74) is 2.16. The molecule has 4 heteroatoms. The van der Waals surface area contributed by atoms with Gasteiger partial charge in [-0.25, -0.2) is 0 Å². The molecule has 0 radical (unpaired) electrons. The second-order valence-corrected chi connectivity index (χ2v) is 4.38. The van der Waals surface area contributed by atoms with Crippen molar-refractivity contribution in [2.45, 2.75) is 26.5 Å². The number of aliphatic hydroxyl groups is 1. The van der Waals surface area contributed by atoms with E-state index in [2.05, 4.69) is 21.2 Å². The molecule has 0 fully saturated rings. The van der Waals surface area contributed by atoms with Crippen LogP contribution < -0.4 is 5.32 Å². The van der Waals surface area contributed by atoms with Gasteiger partial charge in [0.2, 0.25) is 5.91 Å². The van der Waals surface area contributed by atoms with Gasteiger partial charge < -0.3 is 10.4 Å². The minimum absolute atomic E-state index is 0.352. The van der Waals surface area contributed by atoms with Gasteiger partial charge in [-0.05, 0) is 37.1 Å². The molecule has 3 nitrogen and oxygen atoms in total. The maximum Gasteiger partial charge on any atom is 0.248 e. The highest BCUT2D eigenvalue weighted by molar-refractivity contribution is 9.10. The van der Waals surface area contributed by atoms with E-state index in [-0.39, 0.29) is 5.91 Å². The van der Waals surface area contributed by atoms with E-state index in [1.807, 2.05) is 25.1 Å². The molecule has 1 rings (SSSR count). The van der Waals surface area contributed by atoms with E-state index in [0.717, 1.165) is 15.6 Å². The molecule has 1 aromatic rings. The first kappa shape index (κ1) is 12.2. The molecule has 15 heavy (non-hydrogen) atoms. The molecular formula is C11H14BrNO2. The van der Waals surface area contributed by atoms with Crippen LogP contribution in [0.1, 0.15) is 18.1 Å². The van der Waals surface area contributed by atoms with Crippen molar-refractivity contribution >= 4 is 21.8 Å². The van der Waals surface area contributed by atoms with Gasteiger partial charge in [0, 0.05) is 11.0 Å². The maximum absolute atomic E-state index is 11.1. The Balaban J connectivity index is 2.65. The first-order valence-corrected chi connectivity index (χ1v) is 5.51. The zero-order chi connectivity index (χ0) is 11.4. The lowest BCUT2D eigenvalue weighted by molar-refractivity contribution is -0.128. The second-order valence-electron chi connectivity index (χ2n) is 3.46. The third-order valence-electron chi connectivity index (χ3n) is 2.14. The van der Waals surface area contributed by atoms with Gasteiger partial charge in [0.25, 0.3) is 0 Å². The Kier molecular flexibility index (Phi) is 4.29. The van der Waals surface area contributed by atoms with Crippen LogP contribution >= 0.6 is 15.9 Å². The average Bonchev–Trinajstić information content (AvgIpc) is 2.18. The fraction of sp³-hybridized carbons (Fsp3) is 0.364. The third-order valence-corrected chi connectivity index (χ3v) is 2.64. The predicted octanol–water partition coefficient (Wildman–Crippen LogP) is 1.75. The molecule has 0 aliphatic carbocycles. The largest absolute Gasteiger partial charge is 0.384 e. The number of benzene rings is 1. The van der Waals surface area contributed by atoms with Gasteiger partial charge in [0.15, 0.2) is 0 Å². The van der Waals surface area contributed by atoms with Gasteiger partial charge in [-0.15, -0.1) is 0 Å². The molecule has 0 saturated heterocycles. The first-order valence-electron chi connectivity index (χ1n) is 4.71. The fourth-order valence-corrected chi connectivity index (χ4v) is 1.57. The highest BCUT2D eigenvalue weighted by Crippen LogP contribution is 2.15. The Bertz CT molecular complexity index is 364. The number of carbonyl (C=O) groups excluding carboxylic acids is 1. The number of aliphatic hydroxyl groups excluding tert-OH is 1. The summed E-state index contributed by atoms with van der Waals surface area (Å²) in [5, 5.41) is 11.7. The lowest BCUT2D eigenvalue weighted by atomic mass is 10.1. The lowest BCUT2D eigenvalue weighted by Crippen LogP contribution is -2.32. The van der Waals surface area contributed by atoms with E-state index >= 15 is 0 Å². The molecule has 0 saturated carbocycles. The number of hydrogen-bond donors (Lipinski definition) is 2. The molecule has 0 heterocycles. The second kappa shape index (κ2) is 5.28. The Morgan fingerprint density at radius 1 is 1.60 bits per heavy atom. The van der Waals surface area contributed by atoms with Gasteiger partial charge in [-0.2, -0.15) is 0 Å². The number of carbonyl (C=O) groups is 1. The average molecular weight is 272 g/mol. The molecule has 1 aromatic carbocycles. The summed E-state index contributed by atoms with van der Waals surface area (Å²) in [7, 11) is 0. The lowest BCUT2D eigenvalue weighted by Gasteiger charge is -2.09. The first-order chi connectivity index (χ1) is 7.00. The number of halogens is 1. The van der Waals surface area contributed by atoms with Crippen molar-refractivity contribution < 1.29 is 9.90 Å². The van der Waals surface area contributed by atoms with Crippen molar-refractivity contribution in [3.05, 3.63) is 33.8 Å². The highest BCUT2D eigenvalue weighted by atomic mass is 79.9. The molecule has 2 N–H and O–H groups in total. The van der Waals surface area contributed by atoms with E-state index in [4.69, 9.17) is 5.11 Å². The van der Waals surface area contributed by atoms with Gasteiger partial charge in [0.1, 0.15) is 6.10 Å². The third kappa shape index (κ3) is 3.64. The summed E-state index contributed by atoms with van der Waals surface area (Å²) in [6.07, 6.45) is -0.961. The predicted molar refractivity (Wildman–Crippen MR) is 62.4 cm³/mol. The summed E-state index contributed by atoms with van der Waals surface area (Å²) < 4.78 is 0.981. The van der Waals surface area contributed by atoms with E-state index in [1.165, 1.54) is 6.92 Å². The maximum atomic E-state index is 11.1. The number of nitrogens with one attached hydrogen (secondary N) is 1. The van der Waals surface area contributed by atoms with Crippen molar-refractivity contribution in [2.75, 3.05) is 0 Å². The molecule has 82 valence electrons. The topological polar surface area (TPSA) is 49.3 Å². The van der Waals surface area contributed by atoms with Gasteiger partial charge in [0.05, 0.1) is 0 Å². The van der Waals surface area contributed by atoms with E-state index in [9.17, 15) is 4.79 Å². The summed E-state index contributed by atoms with van der Waals surface area (Å²) in [5.74, 6) is -0.352. The zero-order valence-electron chi connectivity index (χ0n) is 8.75. The smallest absolute Gasteiger partial charge is 0.248 e. The van der Waals surface area contributed by atoms with Crippen LogP contribution in [0.5, 0.6) is 0 Å². The van der Waals surface area contributed by atoms with Crippen molar-refractivity contribution in [2.24, 2.45) is 0 Å². The Labute approximate surface area is 97.6 Å². The zero-order valence-corrected chi connectivity index (χ0v) is 10.3. The fourth-order valence-electron chi connectivity index (χ4n) is 1.16. The van der Waals surface area contributed by atoms with E-state index < -0.39 is 6.10 Å². The van der Waals surface area contributed by atoms with Crippen molar-refractivity contribution in [1.29, 1.82) is 0 Å². The van der Waals surface area contributed by atoms with Crippen LogP contribution in [0.4, 0.5) is 0 Å². The van der Waals surface area contributed by atoms with Crippen molar-refractivity contribution in [1.82, 2.24) is 5.32 Å². The van der Waals surface area contributed by atoms with Crippen LogP contribution in [0.2, 0.25) is 0 Å². The van der Waals surface area contributed by atoms with E-state index in [0.29, 0.717) is 6.54 Å². The normalized spacial score (nSPS) is 12.3. The van der Waals surface area contributed by atoms with Crippen molar-refractivity contribution in [3.63, 3.8) is 0 Å². The molecule has 0 bridgehead atoms. The molecule has 0 aliphatic rings. The molecule has 0 aliphatic heterocycles. The Morgan fingerprint density at radius 2 is 2.27 bits per heavy atom. The van der Waals surface area contributed by atoms with Gasteiger partial charge in [-0.3, -0.25) is 4.79 Å². The molecule has 1 amide bonds. The Morgan fingerprint density at radius 3 is 2.87 bits per heavy atom. The molecule has 0 unspecified atom stereocenters. The van der Waals surface area contributed by atoms with Gasteiger partial charge in [-0.1, -0.05) is 22.0 Å². The van der Waals surface area contributed by atoms with Crippen LogP contribution in [0.25, 0.3) is 0 Å². The minimum Gasteiger partial charge on any atom is -0.384 e. The summed E-state index contributed by atoms with van der Waals surface area (Å²) in [6.45, 7) is 3.87. The summed E-state index contributed by atoms with van der Waals surface area (Å²) >= 11 is 3.37. The number of hydrogen-bond acceptors (Lipinski definition) is 2. The summed E-state index contributed by atoms with van der Waals surface area (Å²) in [6, 6.07) is 5.89. The molecule has 0 aromatic heterocycles. The van der Waals surface area contributed by atoms with Crippen LogP contribution in [-0.4, -0.2) is 17.1 Å². The monoisotopic (exact) mass is 271 g/mol. The van der Waals surface area contributed by atoms with Crippen LogP contribution in [0, 0.1) is 6.92 Å². The van der Waals surface area contributed by atoms with Crippen LogP contribution in [0.15, 0.2) is 22.7 Å². The van der Waals surface area contributed by atoms with E-state index in [1.54, 1.807) is 0 Å². The molecule has 1 atom stereocenters. The molecule has 0 spiro atoms. The number of aryl methyl sites for hydroxylation is 1. The van der Waals surface area contributed by atoms with Crippen LogP contribution in [0.3, 0.4) is 0 Å². The SMILES string of the molecule is Cc1ccc(Br)cc1CNC(=O)[C@@H](C)O. The number of amides is 1. The quantitative estimate of drug-likeness (QED) is 0.880. The summed E-state index contributed by atoms with van der Waals surface area (Å²) in [4.78, 5) is 11.1. The highest BCUT2D eigenvalue weighted by Gasteiger charge is 2.08. The Hall–Kier alpha value is -0.870. The molecular weight excluding hydrogens is 258 g/mol. The van der Waals surface area contributed by atoms with Crippen LogP contribution in [-0.2, 0) is 11.3 Å². The minimum atomic E-state index is -0.961. The van der Waals surface area contributed by atoms with Crippen molar-refractivity contribution in [3.8, 4) is 0 Å². The van der Waals surface area contributed by atoms with Gasteiger partial charge >= 0.3 is 0 Å². The standard InChI is InChI=1S/C11H14BrNO2/c1-7-3-4-10(12)5-9(7)6-13-11(15)8(2)14/h3-5,8,14H,6H2,1-2H3,(H,13,15)/t8-/m1/s1. The number of rotatable bonds is 3.